The highest BCUT2D eigenvalue weighted by atomic mass is 32.2. The molecule has 146 valence electrons. The minimum absolute atomic E-state index is 0.0145. The van der Waals surface area contributed by atoms with Gasteiger partial charge in [0.15, 0.2) is 11.6 Å². The molecule has 0 bridgehead atoms. The molecule has 0 aliphatic carbocycles. The Labute approximate surface area is 150 Å². The van der Waals surface area contributed by atoms with E-state index in [1.54, 1.807) is 27.7 Å². The highest BCUT2D eigenvalue weighted by Crippen LogP contribution is 2.24. The zero-order valence-electron chi connectivity index (χ0n) is 14.8. The molecule has 1 N–H and O–H groups in total. The van der Waals surface area contributed by atoms with Crippen LogP contribution in [0.15, 0.2) is 17.0 Å². The SMILES string of the molecule is C[C@H]1C[C@@H](NS(=O)(=O)c2cc(F)c(F)cc2F)CN1C(=O)OC(C)(C)C. The number of carbonyl (C=O) groups is 1. The lowest BCUT2D eigenvalue weighted by Gasteiger charge is -2.26. The molecule has 10 heteroatoms. The fraction of sp³-hybridized carbons (Fsp3) is 0.562. The van der Waals surface area contributed by atoms with Crippen molar-refractivity contribution in [3.8, 4) is 0 Å². The lowest BCUT2D eigenvalue weighted by atomic mass is 10.2. The first kappa shape index (κ1) is 20.5. The third-order valence-corrected chi connectivity index (χ3v) is 5.32. The molecule has 0 radical (unpaired) electrons. The number of sulfonamides is 1. The Morgan fingerprint density at radius 1 is 1.19 bits per heavy atom. The molecule has 1 saturated heterocycles. The van der Waals surface area contributed by atoms with Crippen LogP contribution in [0.5, 0.6) is 0 Å². The average Bonchev–Trinajstić information content (AvgIpc) is 2.80. The second-order valence-electron chi connectivity index (χ2n) is 7.23. The van der Waals surface area contributed by atoms with Gasteiger partial charge in [-0.05, 0) is 40.2 Å². The van der Waals surface area contributed by atoms with Crippen molar-refractivity contribution in [2.45, 2.75) is 56.7 Å². The van der Waals surface area contributed by atoms with E-state index in [1.807, 2.05) is 0 Å². The van der Waals surface area contributed by atoms with Crippen molar-refractivity contribution in [3.05, 3.63) is 29.6 Å². The summed E-state index contributed by atoms with van der Waals surface area (Å²) in [4.78, 5) is 12.5. The molecule has 1 amide bonds. The lowest BCUT2D eigenvalue weighted by Crippen LogP contribution is -2.41. The maximum Gasteiger partial charge on any atom is 0.410 e. The summed E-state index contributed by atoms with van der Waals surface area (Å²) >= 11 is 0. The molecule has 6 nitrogen and oxygen atoms in total. The van der Waals surface area contributed by atoms with Crippen LogP contribution in [-0.4, -0.2) is 43.6 Å². The van der Waals surface area contributed by atoms with Gasteiger partial charge in [-0.1, -0.05) is 0 Å². The molecule has 1 aliphatic heterocycles. The number of likely N-dealkylation sites (tertiary alicyclic amines) is 1. The van der Waals surface area contributed by atoms with Crippen LogP contribution in [-0.2, 0) is 14.8 Å². The van der Waals surface area contributed by atoms with E-state index in [4.69, 9.17) is 4.74 Å². The fourth-order valence-corrected chi connectivity index (χ4v) is 4.00. The van der Waals surface area contributed by atoms with Crippen LogP contribution < -0.4 is 4.72 Å². The number of carbonyl (C=O) groups excluding carboxylic acids is 1. The van der Waals surface area contributed by atoms with Crippen LogP contribution in [0.4, 0.5) is 18.0 Å². The van der Waals surface area contributed by atoms with Crippen LogP contribution in [0, 0.1) is 17.5 Å². The normalized spacial score (nSPS) is 21.1. The molecule has 0 unspecified atom stereocenters. The monoisotopic (exact) mass is 394 g/mol. The van der Waals surface area contributed by atoms with Gasteiger partial charge in [-0.15, -0.1) is 0 Å². The molecule has 2 rings (SSSR count). The number of rotatable bonds is 3. The fourth-order valence-electron chi connectivity index (χ4n) is 2.68. The molecule has 1 aromatic rings. The molecule has 2 atom stereocenters. The van der Waals surface area contributed by atoms with E-state index in [9.17, 15) is 26.4 Å². The van der Waals surface area contributed by atoms with Crippen molar-refractivity contribution >= 4 is 16.1 Å². The maximum absolute atomic E-state index is 13.8. The van der Waals surface area contributed by atoms with Gasteiger partial charge in [0.2, 0.25) is 10.0 Å². The number of hydrogen-bond acceptors (Lipinski definition) is 4. The van der Waals surface area contributed by atoms with Gasteiger partial charge in [0.25, 0.3) is 0 Å². The molecule has 0 spiro atoms. The lowest BCUT2D eigenvalue weighted by molar-refractivity contribution is 0.0236. The Morgan fingerprint density at radius 3 is 2.35 bits per heavy atom. The van der Waals surface area contributed by atoms with E-state index in [-0.39, 0.29) is 31.1 Å². The molecule has 0 saturated carbocycles. The van der Waals surface area contributed by atoms with Gasteiger partial charge in [0.05, 0.1) is 0 Å². The van der Waals surface area contributed by atoms with Crippen molar-refractivity contribution in [3.63, 3.8) is 0 Å². The van der Waals surface area contributed by atoms with Crippen molar-refractivity contribution in [1.82, 2.24) is 9.62 Å². The van der Waals surface area contributed by atoms with Gasteiger partial charge in [-0.2, -0.15) is 0 Å². The molecular weight excluding hydrogens is 373 g/mol. The van der Waals surface area contributed by atoms with Crippen molar-refractivity contribution in [2.24, 2.45) is 0 Å². The van der Waals surface area contributed by atoms with Crippen LogP contribution in [0.1, 0.15) is 34.1 Å². The number of nitrogens with one attached hydrogen (secondary N) is 1. The summed E-state index contributed by atoms with van der Waals surface area (Å²) in [5.74, 6) is -4.35. The predicted molar refractivity (Wildman–Crippen MR) is 87.4 cm³/mol. The Hall–Kier alpha value is -1.81. The summed E-state index contributed by atoms with van der Waals surface area (Å²) in [7, 11) is -4.43. The zero-order valence-corrected chi connectivity index (χ0v) is 15.7. The Bertz CT molecular complexity index is 808. The molecule has 1 aliphatic rings. The Kier molecular flexibility index (Phi) is 5.57. The van der Waals surface area contributed by atoms with Gasteiger partial charge >= 0.3 is 6.09 Å². The van der Waals surface area contributed by atoms with Gasteiger partial charge < -0.3 is 9.64 Å². The first-order valence-electron chi connectivity index (χ1n) is 7.96. The second kappa shape index (κ2) is 7.07. The average molecular weight is 394 g/mol. The molecule has 26 heavy (non-hydrogen) atoms. The third-order valence-electron chi connectivity index (χ3n) is 3.79. The largest absolute Gasteiger partial charge is 0.444 e. The van der Waals surface area contributed by atoms with E-state index in [2.05, 4.69) is 4.72 Å². The van der Waals surface area contributed by atoms with Crippen molar-refractivity contribution in [1.29, 1.82) is 0 Å². The van der Waals surface area contributed by atoms with Gasteiger partial charge in [-0.3, -0.25) is 0 Å². The highest BCUT2D eigenvalue weighted by Gasteiger charge is 2.37. The number of benzene rings is 1. The minimum atomic E-state index is -4.43. The van der Waals surface area contributed by atoms with Crippen molar-refractivity contribution < 1.29 is 31.1 Å². The molecule has 1 fully saturated rings. The van der Waals surface area contributed by atoms with E-state index in [0.29, 0.717) is 0 Å². The van der Waals surface area contributed by atoms with Crippen molar-refractivity contribution in [2.75, 3.05) is 6.54 Å². The number of amides is 1. The Morgan fingerprint density at radius 2 is 1.77 bits per heavy atom. The summed E-state index contributed by atoms with van der Waals surface area (Å²) in [6, 6.07) is -0.562. The van der Waals surface area contributed by atoms with Crippen LogP contribution in [0.2, 0.25) is 0 Å². The summed E-state index contributed by atoms with van der Waals surface area (Å²) < 4.78 is 72.1. The second-order valence-corrected chi connectivity index (χ2v) is 8.91. The van der Waals surface area contributed by atoms with Crippen LogP contribution in [0.25, 0.3) is 0 Å². The Balaban J connectivity index is 2.14. The first-order valence-corrected chi connectivity index (χ1v) is 9.45. The quantitative estimate of drug-likeness (QED) is 0.800. The standard InChI is InChI=1S/C16H21F3N2O4S/c1-9-5-10(8-21(9)15(22)25-16(2,3)4)20-26(23,24)14-7-12(18)11(17)6-13(14)19/h6-7,9-10,20H,5,8H2,1-4H3/t9-,10+/m0/s1. The third kappa shape index (κ3) is 4.67. The maximum atomic E-state index is 13.8. The number of nitrogens with zero attached hydrogens (tertiary/aromatic N) is 1. The minimum Gasteiger partial charge on any atom is -0.444 e. The smallest absolute Gasteiger partial charge is 0.410 e. The molecule has 1 heterocycles. The molecular formula is C16H21F3N2O4S. The van der Waals surface area contributed by atoms with Gasteiger partial charge in [-0.25, -0.2) is 31.1 Å². The first-order chi connectivity index (χ1) is 11.8. The number of hydrogen-bond donors (Lipinski definition) is 1. The topological polar surface area (TPSA) is 75.7 Å². The van der Waals surface area contributed by atoms with Crippen LogP contribution >= 0.6 is 0 Å². The summed E-state index contributed by atoms with van der Waals surface area (Å²) in [5.41, 5.74) is -0.705. The van der Waals surface area contributed by atoms with Gasteiger partial charge in [0.1, 0.15) is 16.3 Å². The number of ether oxygens (including phenoxy) is 1. The highest BCUT2D eigenvalue weighted by molar-refractivity contribution is 7.89. The zero-order chi connectivity index (χ0) is 19.9. The molecule has 1 aromatic carbocycles. The van der Waals surface area contributed by atoms with E-state index in [0.717, 1.165) is 0 Å². The van der Waals surface area contributed by atoms with E-state index in [1.165, 1.54) is 4.90 Å². The van der Waals surface area contributed by atoms with Gasteiger partial charge in [0, 0.05) is 24.7 Å². The van der Waals surface area contributed by atoms with Crippen LogP contribution in [0.3, 0.4) is 0 Å². The molecule has 0 aromatic heterocycles. The number of halogens is 3. The summed E-state index contributed by atoms with van der Waals surface area (Å²) in [6.07, 6.45) is -0.324. The van der Waals surface area contributed by atoms with E-state index >= 15 is 0 Å². The predicted octanol–water partition coefficient (Wildman–Crippen LogP) is 2.78. The van der Waals surface area contributed by atoms with E-state index < -0.39 is 50.1 Å². The summed E-state index contributed by atoms with van der Waals surface area (Å²) in [5, 5.41) is 0. The summed E-state index contributed by atoms with van der Waals surface area (Å²) in [6.45, 7) is 6.85.